The second kappa shape index (κ2) is 5.88. The van der Waals surface area contributed by atoms with E-state index >= 15 is 0 Å². The quantitative estimate of drug-likeness (QED) is 0.786. The second-order valence-corrected chi connectivity index (χ2v) is 5.17. The number of benzene rings is 1. The van der Waals surface area contributed by atoms with Crippen LogP contribution in [0.4, 0.5) is 5.88 Å². The fourth-order valence-corrected chi connectivity index (χ4v) is 2.18. The zero-order chi connectivity index (χ0) is 14.7. The van der Waals surface area contributed by atoms with Gasteiger partial charge >= 0.3 is 0 Å². The fourth-order valence-electron chi connectivity index (χ4n) is 1.78. The number of carbonyl (C=O) groups excluding carboxylic acids is 1. The molecule has 0 bridgehead atoms. The number of hydrogen-bond acceptors (Lipinski definition) is 4. The second-order valence-electron chi connectivity index (χ2n) is 4.26. The molecule has 3 rings (SSSR count). The van der Waals surface area contributed by atoms with E-state index in [0.29, 0.717) is 17.0 Å². The first kappa shape index (κ1) is 13.5. The lowest BCUT2D eigenvalue weighted by molar-refractivity contribution is 0.102. The molecule has 1 aromatic carbocycles. The van der Waals surface area contributed by atoms with Crippen molar-refractivity contribution in [1.82, 2.24) is 10.1 Å². The van der Waals surface area contributed by atoms with Gasteiger partial charge in [0, 0.05) is 22.3 Å². The summed E-state index contributed by atoms with van der Waals surface area (Å²) in [4.78, 5) is 16.2. The number of aromatic nitrogens is 2. The molecule has 0 aliphatic carbocycles. The molecular weight excluding hydrogens is 334 g/mol. The first-order valence-corrected chi connectivity index (χ1v) is 6.97. The van der Waals surface area contributed by atoms with Crippen LogP contribution in [0.15, 0.2) is 63.7 Å². The molecule has 0 unspecified atom stereocenters. The summed E-state index contributed by atoms with van der Waals surface area (Å²) in [5.41, 5.74) is 1.78. The van der Waals surface area contributed by atoms with Crippen LogP contribution in [0.2, 0.25) is 0 Å². The average molecular weight is 344 g/mol. The van der Waals surface area contributed by atoms with E-state index in [1.54, 1.807) is 30.5 Å². The molecule has 0 spiro atoms. The molecule has 5 nitrogen and oxygen atoms in total. The van der Waals surface area contributed by atoms with Crippen molar-refractivity contribution in [3.05, 3.63) is 64.8 Å². The highest BCUT2D eigenvalue weighted by atomic mass is 79.9. The Hall–Kier alpha value is -2.47. The maximum absolute atomic E-state index is 12.1. The topological polar surface area (TPSA) is 68.0 Å². The molecule has 0 saturated carbocycles. The van der Waals surface area contributed by atoms with Crippen molar-refractivity contribution < 1.29 is 9.32 Å². The van der Waals surface area contributed by atoms with E-state index in [-0.39, 0.29) is 11.8 Å². The van der Waals surface area contributed by atoms with E-state index in [0.717, 1.165) is 4.47 Å². The van der Waals surface area contributed by atoms with Crippen molar-refractivity contribution in [3.8, 4) is 11.4 Å². The Balaban J connectivity index is 1.77. The lowest BCUT2D eigenvalue weighted by atomic mass is 10.2. The van der Waals surface area contributed by atoms with Crippen molar-refractivity contribution in [3.63, 3.8) is 0 Å². The van der Waals surface area contributed by atoms with E-state index in [1.807, 2.05) is 24.3 Å². The van der Waals surface area contributed by atoms with Crippen molar-refractivity contribution in [1.29, 1.82) is 0 Å². The van der Waals surface area contributed by atoms with Crippen LogP contribution in [0.3, 0.4) is 0 Å². The van der Waals surface area contributed by atoms with E-state index in [2.05, 4.69) is 31.4 Å². The number of halogens is 1. The highest BCUT2D eigenvalue weighted by Gasteiger charge is 2.11. The number of anilines is 1. The highest BCUT2D eigenvalue weighted by molar-refractivity contribution is 9.10. The molecule has 0 aliphatic heterocycles. The third-order valence-electron chi connectivity index (χ3n) is 2.76. The minimum Gasteiger partial charge on any atom is -0.338 e. The third kappa shape index (κ3) is 3.17. The lowest BCUT2D eigenvalue weighted by Gasteiger charge is -2.01. The number of amides is 1. The zero-order valence-corrected chi connectivity index (χ0v) is 12.4. The molecule has 104 valence electrons. The Morgan fingerprint density at radius 2 is 2.00 bits per heavy atom. The number of nitrogens with one attached hydrogen (secondary N) is 1. The number of nitrogens with zero attached hydrogens (tertiary/aromatic N) is 2. The van der Waals surface area contributed by atoms with Crippen LogP contribution in [-0.4, -0.2) is 16.0 Å². The van der Waals surface area contributed by atoms with Gasteiger partial charge < -0.3 is 4.52 Å². The van der Waals surface area contributed by atoms with E-state index in [1.165, 1.54) is 0 Å². The minimum atomic E-state index is -0.264. The summed E-state index contributed by atoms with van der Waals surface area (Å²) in [7, 11) is 0. The fraction of sp³-hybridized carbons (Fsp3) is 0. The Labute approximate surface area is 129 Å². The van der Waals surface area contributed by atoms with Gasteiger partial charge in [0.15, 0.2) is 0 Å². The summed E-state index contributed by atoms with van der Waals surface area (Å²) in [6.45, 7) is 0. The van der Waals surface area contributed by atoms with Gasteiger partial charge in [0.25, 0.3) is 5.91 Å². The largest absolute Gasteiger partial charge is 0.338 e. The summed E-state index contributed by atoms with van der Waals surface area (Å²) >= 11 is 3.33. The summed E-state index contributed by atoms with van der Waals surface area (Å²) in [5.74, 6) is 0.0145. The number of carbonyl (C=O) groups is 1. The summed E-state index contributed by atoms with van der Waals surface area (Å²) in [6, 6.07) is 14.2. The van der Waals surface area contributed by atoms with Gasteiger partial charge in [-0.2, -0.15) is 0 Å². The van der Waals surface area contributed by atoms with Crippen LogP contribution in [0.1, 0.15) is 10.4 Å². The van der Waals surface area contributed by atoms with Crippen LogP contribution < -0.4 is 5.32 Å². The third-order valence-corrected chi connectivity index (χ3v) is 3.25. The molecule has 6 heteroatoms. The van der Waals surface area contributed by atoms with Crippen LogP contribution in [0, 0.1) is 0 Å². The van der Waals surface area contributed by atoms with Crippen molar-refractivity contribution in [2.45, 2.75) is 0 Å². The molecule has 1 amide bonds. The molecule has 0 fully saturated rings. The van der Waals surface area contributed by atoms with Crippen molar-refractivity contribution in [2.75, 3.05) is 5.32 Å². The maximum Gasteiger partial charge on any atom is 0.258 e. The van der Waals surface area contributed by atoms with E-state index in [9.17, 15) is 4.79 Å². The van der Waals surface area contributed by atoms with Gasteiger partial charge in [-0.05, 0) is 30.3 Å². The van der Waals surface area contributed by atoms with Crippen LogP contribution in [0.25, 0.3) is 11.4 Å². The first-order chi connectivity index (χ1) is 10.2. The molecule has 1 N–H and O–H groups in total. The van der Waals surface area contributed by atoms with Gasteiger partial charge in [0.1, 0.15) is 5.69 Å². The first-order valence-electron chi connectivity index (χ1n) is 6.17. The standard InChI is InChI=1S/C15H10BrN3O2/c16-11-5-3-4-10(8-11)15(20)18-14-9-13(19-21-14)12-6-1-2-7-17-12/h1-9H,(H,18,20). The maximum atomic E-state index is 12.1. The Kier molecular flexibility index (Phi) is 3.79. The van der Waals surface area contributed by atoms with E-state index < -0.39 is 0 Å². The van der Waals surface area contributed by atoms with Crippen molar-refractivity contribution >= 4 is 27.7 Å². The molecule has 2 heterocycles. The predicted octanol–water partition coefficient (Wildman–Crippen LogP) is 3.75. The number of pyridine rings is 1. The van der Waals surface area contributed by atoms with Crippen LogP contribution in [-0.2, 0) is 0 Å². The predicted molar refractivity (Wildman–Crippen MR) is 81.8 cm³/mol. The Bertz CT molecular complexity index is 771. The molecular formula is C15H10BrN3O2. The van der Waals surface area contributed by atoms with Crippen molar-refractivity contribution in [2.24, 2.45) is 0 Å². The van der Waals surface area contributed by atoms with Crippen LogP contribution in [0.5, 0.6) is 0 Å². The summed E-state index contributed by atoms with van der Waals surface area (Å²) in [6.07, 6.45) is 1.67. The smallest absolute Gasteiger partial charge is 0.258 e. The van der Waals surface area contributed by atoms with Gasteiger partial charge in [-0.1, -0.05) is 33.2 Å². The summed E-state index contributed by atoms with van der Waals surface area (Å²) in [5, 5.41) is 6.55. The zero-order valence-electron chi connectivity index (χ0n) is 10.8. The minimum absolute atomic E-state index is 0.264. The molecule has 0 radical (unpaired) electrons. The lowest BCUT2D eigenvalue weighted by Crippen LogP contribution is -2.11. The Morgan fingerprint density at radius 1 is 1.10 bits per heavy atom. The monoisotopic (exact) mass is 343 g/mol. The normalized spacial score (nSPS) is 10.3. The average Bonchev–Trinajstić information content (AvgIpc) is 2.97. The van der Waals surface area contributed by atoms with Gasteiger partial charge in [-0.3, -0.25) is 15.1 Å². The van der Waals surface area contributed by atoms with Gasteiger partial charge in [-0.25, -0.2) is 0 Å². The number of hydrogen-bond donors (Lipinski definition) is 1. The molecule has 0 atom stereocenters. The SMILES string of the molecule is O=C(Nc1cc(-c2ccccn2)no1)c1cccc(Br)c1. The molecule has 3 aromatic rings. The summed E-state index contributed by atoms with van der Waals surface area (Å²) < 4.78 is 5.94. The number of rotatable bonds is 3. The van der Waals surface area contributed by atoms with Gasteiger partial charge in [0.05, 0.1) is 5.69 Å². The Morgan fingerprint density at radius 3 is 2.76 bits per heavy atom. The van der Waals surface area contributed by atoms with Gasteiger partial charge in [-0.15, -0.1) is 0 Å². The van der Waals surface area contributed by atoms with Gasteiger partial charge in [0.2, 0.25) is 5.88 Å². The molecule has 0 aliphatic rings. The van der Waals surface area contributed by atoms with Crippen LogP contribution >= 0.6 is 15.9 Å². The molecule has 21 heavy (non-hydrogen) atoms. The highest BCUT2D eigenvalue weighted by Crippen LogP contribution is 2.20. The van der Waals surface area contributed by atoms with E-state index in [4.69, 9.17) is 4.52 Å². The molecule has 0 saturated heterocycles. The molecule has 2 aromatic heterocycles.